The Morgan fingerprint density at radius 1 is 1.23 bits per heavy atom. The van der Waals surface area contributed by atoms with Crippen LogP contribution in [0.2, 0.25) is 0 Å². The van der Waals surface area contributed by atoms with Crippen LogP contribution in [0.5, 0.6) is 0 Å². The van der Waals surface area contributed by atoms with Crippen molar-refractivity contribution in [3.63, 3.8) is 0 Å². The van der Waals surface area contributed by atoms with Gasteiger partial charge in [-0.25, -0.2) is 4.79 Å². The van der Waals surface area contributed by atoms with E-state index in [4.69, 9.17) is 14.2 Å². The maximum atomic E-state index is 11.7. The third-order valence-electron chi connectivity index (χ3n) is 3.78. The first-order valence-electron chi connectivity index (χ1n) is 7.23. The molecule has 0 fully saturated rings. The summed E-state index contributed by atoms with van der Waals surface area (Å²) in [5.41, 5.74) is 4.38. The molecule has 118 valence electrons. The van der Waals surface area contributed by atoms with Gasteiger partial charge in [-0.1, -0.05) is 19.1 Å². The normalized spacial score (nSPS) is 17.0. The Kier molecular flexibility index (Phi) is 4.85. The van der Waals surface area contributed by atoms with E-state index in [1.807, 2.05) is 39.8 Å². The number of hydrogen-bond acceptors (Lipinski definition) is 5. The van der Waals surface area contributed by atoms with E-state index in [0.29, 0.717) is 6.42 Å². The number of rotatable bonds is 4. The second-order valence-electron chi connectivity index (χ2n) is 5.37. The molecule has 5 heteroatoms. The van der Waals surface area contributed by atoms with Crippen LogP contribution < -0.4 is 0 Å². The van der Waals surface area contributed by atoms with E-state index in [2.05, 4.69) is 0 Å². The highest BCUT2D eigenvalue weighted by molar-refractivity contribution is 5.99. The molecule has 1 aliphatic heterocycles. The van der Waals surface area contributed by atoms with E-state index in [1.165, 1.54) is 5.56 Å². The van der Waals surface area contributed by atoms with Gasteiger partial charge in [-0.05, 0) is 49.4 Å². The molecule has 0 radical (unpaired) electrons. The minimum absolute atomic E-state index is 0.0975. The minimum Gasteiger partial charge on any atom is -0.486 e. The van der Waals surface area contributed by atoms with Gasteiger partial charge in [-0.2, -0.15) is 0 Å². The van der Waals surface area contributed by atoms with Gasteiger partial charge in [0.05, 0.1) is 0 Å². The summed E-state index contributed by atoms with van der Waals surface area (Å²) < 4.78 is 15.0. The van der Waals surface area contributed by atoms with Gasteiger partial charge >= 0.3 is 6.16 Å². The standard InChI is InChI=1S/C17H20O5/c1-5-14-16(18)15(9-20-14)22-17(19)21-8-13-6-10(2)12(4)11(3)7-13/h6-7,9,14H,5,8H2,1-4H3. The Hall–Kier alpha value is -2.30. The van der Waals surface area contributed by atoms with Gasteiger partial charge in [0.2, 0.25) is 11.5 Å². The molecule has 5 nitrogen and oxygen atoms in total. The summed E-state index contributed by atoms with van der Waals surface area (Å²) in [6, 6.07) is 3.93. The molecule has 0 amide bonds. The molecule has 1 aliphatic rings. The number of hydrogen-bond donors (Lipinski definition) is 0. The quantitative estimate of drug-likeness (QED) is 0.797. The van der Waals surface area contributed by atoms with Crippen molar-refractivity contribution in [3.8, 4) is 0 Å². The maximum Gasteiger partial charge on any atom is 0.514 e. The van der Waals surface area contributed by atoms with Crippen molar-refractivity contribution in [2.75, 3.05) is 0 Å². The molecule has 1 heterocycles. The highest BCUT2D eigenvalue weighted by Gasteiger charge is 2.31. The van der Waals surface area contributed by atoms with Gasteiger partial charge < -0.3 is 14.2 Å². The van der Waals surface area contributed by atoms with Crippen LogP contribution in [0.1, 0.15) is 35.6 Å². The molecule has 0 aliphatic carbocycles. The lowest BCUT2D eigenvalue weighted by molar-refractivity contribution is -0.123. The summed E-state index contributed by atoms with van der Waals surface area (Å²) >= 11 is 0. The fraction of sp³-hybridized carbons (Fsp3) is 0.412. The highest BCUT2D eigenvalue weighted by atomic mass is 16.7. The largest absolute Gasteiger partial charge is 0.514 e. The van der Waals surface area contributed by atoms with Crippen LogP contribution in [0.25, 0.3) is 0 Å². The predicted molar refractivity (Wildman–Crippen MR) is 80.2 cm³/mol. The molecular formula is C17H20O5. The number of Topliss-reactive ketones (excluding diaryl/α,β-unsaturated/α-hetero) is 1. The minimum atomic E-state index is -0.907. The molecule has 0 saturated heterocycles. The summed E-state index contributed by atoms with van der Waals surface area (Å²) in [6.07, 6.45) is 0.220. The molecule has 0 aromatic heterocycles. The summed E-state index contributed by atoms with van der Waals surface area (Å²) in [5, 5.41) is 0. The topological polar surface area (TPSA) is 61.8 Å². The van der Waals surface area contributed by atoms with E-state index in [1.54, 1.807) is 0 Å². The van der Waals surface area contributed by atoms with E-state index in [0.717, 1.165) is 23.0 Å². The van der Waals surface area contributed by atoms with Gasteiger partial charge in [0.1, 0.15) is 12.9 Å². The fourth-order valence-electron chi connectivity index (χ4n) is 2.25. The molecule has 1 unspecified atom stereocenters. The first-order valence-corrected chi connectivity index (χ1v) is 7.23. The second-order valence-corrected chi connectivity index (χ2v) is 5.37. The van der Waals surface area contributed by atoms with Gasteiger partial charge in [-0.3, -0.25) is 4.79 Å². The van der Waals surface area contributed by atoms with Crippen LogP contribution in [0.3, 0.4) is 0 Å². The average Bonchev–Trinajstić information content (AvgIpc) is 2.83. The van der Waals surface area contributed by atoms with Crippen molar-refractivity contribution in [2.24, 2.45) is 0 Å². The zero-order valence-electron chi connectivity index (χ0n) is 13.3. The van der Waals surface area contributed by atoms with E-state index >= 15 is 0 Å². The smallest absolute Gasteiger partial charge is 0.486 e. The van der Waals surface area contributed by atoms with Gasteiger partial charge in [0, 0.05) is 0 Å². The lowest BCUT2D eigenvalue weighted by atomic mass is 10.0. The third kappa shape index (κ3) is 3.47. The van der Waals surface area contributed by atoms with Crippen LogP contribution in [0.15, 0.2) is 24.2 Å². The van der Waals surface area contributed by atoms with E-state index in [9.17, 15) is 9.59 Å². The van der Waals surface area contributed by atoms with Crippen molar-refractivity contribution in [1.29, 1.82) is 0 Å². The van der Waals surface area contributed by atoms with Crippen molar-refractivity contribution < 1.29 is 23.8 Å². The van der Waals surface area contributed by atoms with Crippen LogP contribution in [-0.2, 0) is 25.6 Å². The average molecular weight is 304 g/mol. The van der Waals surface area contributed by atoms with Crippen molar-refractivity contribution in [2.45, 2.75) is 46.8 Å². The monoisotopic (exact) mass is 304 g/mol. The number of ether oxygens (including phenoxy) is 3. The molecule has 0 spiro atoms. The zero-order valence-corrected chi connectivity index (χ0v) is 13.3. The predicted octanol–water partition coefficient (Wildman–Crippen LogP) is 3.48. The summed E-state index contributed by atoms with van der Waals surface area (Å²) in [7, 11) is 0. The Balaban J connectivity index is 1.90. The molecule has 22 heavy (non-hydrogen) atoms. The molecule has 0 N–H and O–H groups in total. The van der Waals surface area contributed by atoms with Crippen LogP contribution in [-0.4, -0.2) is 18.0 Å². The third-order valence-corrected chi connectivity index (χ3v) is 3.78. The van der Waals surface area contributed by atoms with Crippen molar-refractivity contribution >= 4 is 11.9 Å². The molecule has 0 bridgehead atoms. The lowest BCUT2D eigenvalue weighted by Crippen LogP contribution is -2.19. The van der Waals surface area contributed by atoms with Crippen LogP contribution in [0, 0.1) is 20.8 Å². The number of ketones is 1. The number of carbonyl (C=O) groups excluding carboxylic acids is 2. The number of aryl methyl sites for hydroxylation is 2. The summed E-state index contributed by atoms with van der Waals surface area (Å²) in [5.74, 6) is -0.436. The summed E-state index contributed by atoms with van der Waals surface area (Å²) in [4.78, 5) is 23.4. The number of benzene rings is 1. The molecule has 1 aromatic carbocycles. The zero-order chi connectivity index (χ0) is 16.3. The summed E-state index contributed by atoms with van der Waals surface area (Å²) in [6.45, 7) is 7.98. The number of carbonyl (C=O) groups is 2. The lowest BCUT2D eigenvalue weighted by Gasteiger charge is -2.10. The Morgan fingerprint density at radius 2 is 1.86 bits per heavy atom. The molecule has 0 saturated carbocycles. The van der Waals surface area contributed by atoms with Crippen molar-refractivity contribution in [3.05, 3.63) is 46.4 Å². The van der Waals surface area contributed by atoms with Gasteiger partial charge in [-0.15, -0.1) is 0 Å². The molecule has 1 atom stereocenters. The van der Waals surface area contributed by atoms with Crippen LogP contribution in [0.4, 0.5) is 4.79 Å². The second kappa shape index (κ2) is 6.64. The molecule has 2 rings (SSSR count). The first-order chi connectivity index (χ1) is 10.4. The Bertz CT molecular complexity index is 607. The van der Waals surface area contributed by atoms with Crippen LogP contribution >= 0.6 is 0 Å². The molecular weight excluding hydrogens is 284 g/mol. The highest BCUT2D eigenvalue weighted by Crippen LogP contribution is 2.19. The van der Waals surface area contributed by atoms with Gasteiger partial charge in [0.25, 0.3) is 0 Å². The Morgan fingerprint density at radius 3 is 2.41 bits per heavy atom. The van der Waals surface area contributed by atoms with E-state index < -0.39 is 12.3 Å². The van der Waals surface area contributed by atoms with Gasteiger partial charge in [0.15, 0.2) is 6.10 Å². The fourth-order valence-corrected chi connectivity index (χ4v) is 2.25. The van der Waals surface area contributed by atoms with E-state index in [-0.39, 0.29) is 18.1 Å². The molecule has 1 aromatic rings. The maximum absolute atomic E-state index is 11.7. The SMILES string of the molecule is CCC1OC=C(OC(=O)OCc2cc(C)c(C)c(C)c2)C1=O. The van der Waals surface area contributed by atoms with Crippen molar-refractivity contribution in [1.82, 2.24) is 0 Å². The first kappa shape index (κ1) is 16.1. The Labute approximate surface area is 129 Å².